The summed E-state index contributed by atoms with van der Waals surface area (Å²) in [6, 6.07) is 3.70. The van der Waals surface area contributed by atoms with Crippen LogP contribution in [0.5, 0.6) is 0 Å². The first-order chi connectivity index (χ1) is 10.5. The van der Waals surface area contributed by atoms with Crippen LogP contribution in [0.3, 0.4) is 0 Å². The van der Waals surface area contributed by atoms with Gasteiger partial charge in [0, 0.05) is 32.5 Å². The predicted octanol–water partition coefficient (Wildman–Crippen LogP) is 3.28. The first kappa shape index (κ1) is 18.1. The third kappa shape index (κ3) is 9.10. The maximum absolute atomic E-state index is 12.0. The summed E-state index contributed by atoms with van der Waals surface area (Å²) < 4.78 is 41.3. The molecule has 0 amide bonds. The second kappa shape index (κ2) is 9.92. The molecule has 1 aromatic rings. The van der Waals surface area contributed by atoms with Crippen molar-refractivity contribution >= 4 is 5.96 Å². The second-order valence-corrected chi connectivity index (χ2v) is 4.73. The predicted molar refractivity (Wildman–Crippen MR) is 80.8 cm³/mol. The van der Waals surface area contributed by atoms with Crippen LogP contribution < -0.4 is 10.6 Å². The van der Waals surface area contributed by atoms with Gasteiger partial charge in [-0.3, -0.25) is 4.99 Å². The molecule has 1 heterocycles. The maximum Gasteiger partial charge on any atom is 0.389 e. The molecule has 1 rings (SSSR count). The van der Waals surface area contributed by atoms with E-state index in [-0.39, 0.29) is 6.42 Å². The van der Waals surface area contributed by atoms with Crippen molar-refractivity contribution in [2.45, 2.75) is 31.9 Å². The molecule has 4 nitrogen and oxygen atoms in total. The van der Waals surface area contributed by atoms with Crippen LogP contribution in [-0.2, 0) is 6.42 Å². The summed E-state index contributed by atoms with van der Waals surface area (Å²) >= 11 is 0. The van der Waals surface area contributed by atoms with Crippen LogP contribution in [0.4, 0.5) is 13.2 Å². The molecule has 1 aromatic heterocycles. The number of unbranched alkanes of at least 4 members (excludes halogenated alkanes) is 1. The normalized spacial score (nSPS) is 12.2. The Hall–Kier alpha value is -1.92. The topological polar surface area (TPSA) is 49.6 Å². The minimum atomic E-state index is -4.09. The molecule has 0 aliphatic rings. The highest BCUT2D eigenvalue weighted by Gasteiger charge is 2.25. The summed E-state index contributed by atoms with van der Waals surface area (Å²) in [4.78, 5) is 4.25. The lowest BCUT2D eigenvalue weighted by Crippen LogP contribution is -2.38. The monoisotopic (exact) mass is 317 g/mol. The molecule has 0 spiro atoms. The van der Waals surface area contributed by atoms with Crippen molar-refractivity contribution in [3.8, 4) is 0 Å². The van der Waals surface area contributed by atoms with Gasteiger partial charge in [-0.05, 0) is 25.0 Å². The molecule has 0 atom stereocenters. The van der Waals surface area contributed by atoms with Crippen LogP contribution in [-0.4, -0.2) is 31.8 Å². The highest BCUT2D eigenvalue weighted by Crippen LogP contribution is 2.21. The average Bonchev–Trinajstić information content (AvgIpc) is 2.95. The Balaban J connectivity index is 2.28. The Labute approximate surface area is 128 Å². The number of alkyl halides is 3. The van der Waals surface area contributed by atoms with Crippen LogP contribution in [0.15, 0.2) is 40.5 Å². The maximum atomic E-state index is 12.0. The van der Waals surface area contributed by atoms with Gasteiger partial charge in [-0.25, -0.2) is 0 Å². The largest absolute Gasteiger partial charge is 0.469 e. The molecule has 0 radical (unpaired) electrons. The molecule has 0 saturated heterocycles. The van der Waals surface area contributed by atoms with E-state index in [4.69, 9.17) is 4.42 Å². The van der Waals surface area contributed by atoms with Crippen molar-refractivity contribution in [3.05, 3.63) is 36.8 Å². The van der Waals surface area contributed by atoms with Crippen molar-refractivity contribution in [1.29, 1.82) is 0 Å². The van der Waals surface area contributed by atoms with Crippen molar-refractivity contribution in [3.63, 3.8) is 0 Å². The van der Waals surface area contributed by atoms with Gasteiger partial charge in [0.2, 0.25) is 0 Å². The standard InChI is InChI=1S/C15H22F3N3O/c1-2-9-19-14(20-10-4-3-8-15(16,17)18)21-11-7-13-6-5-12-22-13/h2,5-6,12H,1,3-4,7-11H2,(H2,19,20,21). The van der Waals surface area contributed by atoms with E-state index in [1.807, 2.05) is 12.1 Å². The number of nitrogens with zero attached hydrogens (tertiary/aromatic N) is 1. The highest BCUT2D eigenvalue weighted by atomic mass is 19.4. The van der Waals surface area contributed by atoms with Gasteiger partial charge in [-0.1, -0.05) is 6.08 Å². The summed E-state index contributed by atoms with van der Waals surface area (Å²) in [5.74, 6) is 1.43. The molecule has 0 aromatic carbocycles. The van der Waals surface area contributed by atoms with Gasteiger partial charge in [-0.2, -0.15) is 13.2 Å². The summed E-state index contributed by atoms with van der Waals surface area (Å²) in [5, 5.41) is 6.13. The van der Waals surface area contributed by atoms with Crippen molar-refractivity contribution in [2.24, 2.45) is 4.99 Å². The summed E-state index contributed by atoms with van der Waals surface area (Å²) in [6.07, 6.45) is -0.351. The van der Waals surface area contributed by atoms with E-state index in [1.165, 1.54) is 0 Å². The minimum absolute atomic E-state index is 0.0914. The smallest absolute Gasteiger partial charge is 0.389 e. The molecule has 0 fully saturated rings. The number of halogens is 3. The summed E-state index contributed by atoms with van der Waals surface area (Å²) in [7, 11) is 0. The van der Waals surface area contributed by atoms with Gasteiger partial charge in [0.15, 0.2) is 5.96 Å². The van der Waals surface area contributed by atoms with E-state index in [2.05, 4.69) is 22.2 Å². The van der Waals surface area contributed by atoms with E-state index in [1.54, 1.807) is 12.3 Å². The van der Waals surface area contributed by atoms with Crippen molar-refractivity contribution in [1.82, 2.24) is 10.6 Å². The van der Waals surface area contributed by atoms with Crippen LogP contribution in [0.2, 0.25) is 0 Å². The molecule has 0 aliphatic carbocycles. The Morgan fingerprint density at radius 2 is 2.14 bits per heavy atom. The number of hydrogen-bond donors (Lipinski definition) is 2. The molecular weight excluding hydrogens is 295 g/mol. The van der Waals surface area contributed by atoms with E-state index in [0.29, 0.717) is 38.4 Å². The van der Waals surface area contributed by atoms with Gasteiger partial charge >= 0.3 is 6.18 Å². The molecule has 0 saturated carbocycles. The zero-order valence-corrected chi connectivity index (χ0v) is 12.5. The van der Waals surface area contributed by atoms with Gasteiger partial charge in [-0.15, -0.1) is 6.58 Å². The van der Waals surface area contributed by atoms with Gasteiger partial charge < -0.3 is 15.1 Å². The quantitative estimate of drug-likeness (QED) is 0.318. The molecule has 7 heteroatoms. The second-order valence-electron chi connectivity index (χ2n) is 4.73. The van der Waals surface area contributed by atoms with E-state index < -0.39 is 12.6 Å². The number of hydrogen-bond acceptors (Lipinski definition) is 2. The average molecular weight is 317 g/mol. The molecule has 2 N–H and O–H groups in total. The molecule has 22 heavy (non-hydrogen) atoms. The lowest BCUT2D eigenvalue weighted by atomic mass is 10.2. The van der Waals surface area contributed by atoms with E-state index in [0.717, 1.165) is 5.76 Å². The fourth-order valence-corrected chi connectivity index (χ4v) is 1.73. The number of furan rings is 1. The fraction of sp³-hybridized carbons (Fsp3) is 0.533. The summed E-state index contributed by atoms with van der Waals surface area (Å²) in [6.45, 7) is 5.12. The Kier molecular flexibility index (Phi) is 8.17. The molecule has 0 bridgehead atoms. The summed E-state index contributed by atoms with van der Waals surface area (Å²) in [5.41, 5.74) is 0. The lowest BCUT2D eigenvalue weighted by Gasteiger charge is -2.11. The van der Waals surface area contributed by atoms with Crippen molar-refractivity contribution < 1.29 is 17.6 Å². The first-order valence-corrected chi connectivity index (χ1v) is 7.23. The Morgan fingerprint density at radius 3 is 2.77 bits per heavy atom. The van der Waals surface area contributed by atoms with Crippen LogP contribution in [0.1, 0.15) is 25.0 Å². The number of aliphatic imine (C=N–C) groups is 1. The number of guanidine groups is 1. The molecular formula is C15H22F3N3O. The van der Waals surface area contributed by atoms with E-state index >= 15 is 0 Å². The van der Waals surface area contributed by atoms with Crippen molar-refractivity contribution in [2.75, 3.05) is 19.6 Å². The molecule has 0 unspecified atom stereocenters. The first-order valence-electron chi connectivity index (χ1n) is 7.23. The zero-order chi connectivity index (χ0) is 16.3. The SMILES string of the molecule is C=CCNC(=NCCCCC(F)(F)F)NCCc1ccco1. The van der Waals surface area contributed by atoms with Crippen LogP contribution in [0.25, 0.3) is 0 Å². The minimum Gasteiger partial charge on any atom is -0.469 e. The third-order valence-electron chi connectivity index (χ3n) is 2.80. The number of rotatable bonds is 9. The third-order valence-corrected chi connectivity index (χ3v) is 2.80. The van der Waals surface area contributed by atoms with E-state index in [9.17, 15) is 13.2 Å². The number of nitrogens with one attached hydrogen (secondary N) is 2. The zero-order valence-electron chi connectivity index (χ0n) is 12.5. The lowest BCUT2D eigenvalue weighted by molar-refractivity contribution is -0.135. The van der Waals surface area contributed by atoms with Gasteiger partial charge in [0.1, 0.15) is 5.76 Å². The van der Waals surface area contributed by atoms with Crippen LogP contribution >= 0.6 is 0 Å². The Bertz CT molecular complexity index is 441. The van der Waals surface area contributed by atoms with Crippen LogP contribution in [0, 0.1) is 0 Å². The highest BCUT2D eigenvalue weighted by molar-refractivity contribution is 5.79. The fourth-order valence-electron chi connectivity index (χ4n) is 1.73. The molecule has 124 valence electrons. The molecule has 0 aliphatic heterocycles. The van der Waals surface area contributed by atoms with Gasteiger partial charge in [0.05, 0.1) is 6.26 Å². The Morgan fingerprint density at radius 1 is 1.32 bits per heavy atom. The van der Waals surface area contributed by atoms with Gasteiger partial charge in [0.25, 0.3) is 0 Å².